The van der Waals surface area contributed by atoms with E-state index in [1.807, 2.05) is 19.9 Å². The van der Waals surface area contributed by atoms with Crippen molar-refractivity contribution < 1.29 is 4.79 Å². The molecule has 3 heteroatoms. The van der Waals surface area contributed by atoms with Crippen LogP contribution in [0.4, 0.5) is 5.69 Å². The second kappa shape index (κ2) is 11.7. The number of ketones is 1. The molecule has 0 radical (unpaired) electrons. The first kappa shape index (κ1) is 25.2. The third-order valence-electron chi connectivity index (χ3n) is 8.88. The van der Waals surface area contributed by atoms with Gasteiger partial charge in [0.15, 0.2) is 5.78 Å². The Hall–Kier alpha value is -1.87. The van der Waals surface area contributed by atoms with Crippen LogP contribution in [-0.2, 0) is 4.79 Å². The highest BCUT2D eigenvalue weighted by Gasteiger charge is 2.39. The fourth-order valence-corrected chi connectivity index (χ4v) is 6.21. The largest absolute Gasteiger partial charge is 0.371 e. The Bertz CT molecular complexity index is 846. The molecular formula is C31H46N2O. The van der Waals surface area contributed by atoms with Crippen molar-refractivity contribution in [2.24, 2.45) is 11.3 Å². The zero-order valence-electron chi connectivity index (χ0n) is 21.9. The highest BCUT2D eigenvalue weighted by atomic mass is 16.1. The third-order valence-corrected chi connectivity index (χ3v) is 8.88. The van der Waals surface area contributed by atoms with Crippen molar-refractivity contribution in [2.45, 2.75) is 91.0 Å². The third kappa shape index (κ3) is 5.67. The molecule has 0 aromatic heterocycles. The molecule has 2 heterocycles. The molecule has 1 saturated carbocycles. The second-order valence-electron chi connectivity index (χ2n) is 10.8. The molecule has 3 fully saturated rings. The molecule has 34 heavy (non-hydrogen) atoms. The van der Waals surface area contributed by atoms with Crippen LogP contribution in [0, 0.1) is 11.3 Å². The molecule has 1 spiro atoms. The summed E-state index contributed by atoms with van der Waals surface area (Å²) in [4.78, 5) is 17.6. The van der Waals surface area contributed by atoms with E-state index in [2.05, 4.69) is 47.1 Å². The van der Waals surface area contributed by atoms with E-state index in [1.165, 1.54) is 87.9 Å². The van der Waals surface area contributed by atoms with Gasteiger partial charge in [0.2, 0.25) is 0 Å². The quantitative estimate of drug-likeness (QED) is 0.444. The predicted molar refractivity (Wildman–Crippen MR) is 145 cm³/mol. The summed E-state index contributed by atoms with van der Waals surface area (Å²) in [6.07, 6.45) is 19.0. The number of nitrogens with zero attached hydrogens (tertiary/aromatic N) is 2. The molecular weight excluding hydrogens is 416 g/mol. The number of benzene rings is 1. The molecule has 3 nitrogen and oxygen atoms in total. The molecule has 1 aromatic rings. The summed E-state index contributed by atoms with van der Waals surface area (Å²) in [7, 11) is 0. The second-order valence-corrected chi connectivity index (χ2v) is 10.8. The van der Waals surface area contributed by atoms with Crippen molar-refractivity contribution >= 4 is 17.0 Å². The van der Waals surface area contributed by atoms with E-state index >= 15 is 0 Å². The van der Waals surface area contributed by atoms with E-state index in [9.17, 15) is 4.79 Å². The molecule has 2 saturated heterocycles. The number of likely N-dealkylation sites (tertiary alicyclic amines) is 1. The first-order valence-corrected chi connectivity index (χ1v) is 14.2. The van der Waals surface area contributed by atoms with Crippen LogP contribution in [0.3, 0.4) is 0 Å². The van der Waals surface area contributed by atoms with Crippen LogP contribution in [0.2, 0.25) is 0 Å². The topological polar surface area (TPSA) is 23.6 Å². The highest BCUT2D eigenvalue weighted by molar-refractivity contribution is 5.99. The number of carbonyl (C=O) groups excluding carboxylic acids is 1. The lowest BCUT2D eigenvalue weighted by Gasteiger charge is -2.50. The van der Waals surface area contributed by atoms with Gasteiger partial charge in [-0.3, -0.25) is 4.79 Å². The van der Waals surface area contributed by atoms with Crippen molar-refractivity contribution in [3.8, 4) is 0 Å². The van der Waals surface area contributed by atoms with Gasteiger partial charge in [-0.1, -0.05) is 64.3 Å². The van der Waals surface area contributed by atoms with Crippen LogP contribution in [0.15, 0.2) is 42.5 Å². The maximum Gasteiger partial charge on any atom is 0.162 e. The summed E-state index contributed by atoms with van der Waals surface area (Å²) in [6.45, 7) is 11.2. The number of carbonyl (C=O) groups is 1. The van der Waals surface area contributed by atoms with Gasteiger partial charge in [-0.25, -0.2) is 0 Å². The van der Waals surface area contributed by atoms with Crippen molar-refractivity contribution in [1.29, 1.82) is 0 Å². The van der Waals surface area contributed by atoms with E-state index in [-0.39, 0.29) is 11.7 Å². The average Bonchev–Trinajstić information content (AvgIpc) is 2.86. The van der Waals surface area contributed by atoms with E-state index in [1.54, 1.807) is 6.08 Å². The Morgan fingerprint density at radius 2 is 1.56 bits per heavy atom. The summed E-state index contributed by atoms with van der Waals surface area (Å²) in [6, 6.07) is 10.00. The molecule has 1 unspecified atom stereocenters. The van der Waals surface area contributed by atoms with Gasteiger partial charge in [0, 0.05) is 30.7 Å². The molecule has 1 aromatic carbocycles. The van der Waals surface area contributed by atoms with Crippen LogP contribution in [0.5, 0.6) is 0 Å². The summed E-state index contributed by atoms with van der Waals surface area (Å²) in [5.41, 5.74) is 4.40. The lowest BCUT2D eigenvalue weighted by molar-refractivity contribution is -0.117. The smallest absolute Gasteiger partial charge is 0.162 e. The average molecular weight is 463 g/mol. The molecule has 0 bridgehead atoms. The Balaban J connectivity index is 0.00000133. The zero-order chi connectivity index (χ0) is 24.0. The SMILES string of the molecule is CC.CCCCC1C=C(c2ccc(N3CCC4(CC3)CCN(C3CCC3)CC4)cc2)C=CC1=O. The van der Waals surface area contributed by atoms with Gasteiger partial charge in [-0.2, -0.15) is 0 Å². The Kier molecular flexibility index (Phi) is 8.69. The first-order valence-electron chi connectivity index (χ1n) is 14.2. The fourth-order valence-electron chi connectivity index (χ4n) is 6.21. The van der Waals surface area contributed by atoms with Gasteiger partial charge in [-0.05, 0) is 92.8 Å². The van der Waals surface area contributed by atoms with Gasteiger partial charge < -0.3 is 9.80 Å². The standard InChI is InChI=1S/C29H40N2O.C2H6/c1-2-3-5-25-22-24(10-13-28(25)32)23-8-11-27(12-9-23)31-20-16-29(17-21-31)14-18-30(19-15-29)26-6-4-7-26;1-2/h8-13,22,25-26H,2-7,14-21H2,1H3;1-2H3. The molecule has 1 atom stereocenters. The maximum atomic E-state index is 12.2. The van der Waals surface area contributed by atoms with E-state index < -0.39 is 0 Å². The number of rotatable bonds is 6. The summed E-state index contributed by atoms with van der Waals surface area (Å²) in [5, 5.41) is 0. The Labute approximate surface area is 208 Å². The number of allylic oxidation sites excluding steroid dienone is 4. The van der Waals surface area contributed by atoms with Crippen LogP contribution >= 0.6 is 0 Å². The minimum Gasteiger partial charge on any atom is -0.371 e. The number of piperidine rings is 2. The fraction of sp³-hybridized carbons (Fsp3) is 0.645. The van der Waals surface area contributed by atoms with E-state index in [0.29, 0.717) is 5.41 Å². The van der Waals surface area contributed by atoms with Crippen molar-refractivity contribution in [3.63, 3.8) is 0 Å². The first-order chi connectivity index (χ1) is 16.7. The lowest BCUT2D eigenvalue weighted by Crippen LogP contribution is -2.50. The predicted octanol–water partition coefficient (Wildman–Crippen LogP) is 7.28. The molecule has 2 aliphatic carbocycles. The minimum absolute atomic E-state index is 0.0589. The molecule has 0 amide bonds. The van der Waals surface area contributed by atoms with Crippen molar-refractivity contribution in [1.82, 2.24) is 4.90 Å². The maximum absolute atomic E-state index is 12.2. The normalized spacial score (nSPS) is 24.9. The van der Waals surface area contributed by atoms with Gasteiger partial charge in [-0.15, -0.1) is 0 Å². The molecule has 2 aliphatic heterocycles. The molecule has 4 aliphatic rings. The monoisotopic (exact) mass is 462 g/mol. The van der Waals surface area contributed by atoms with Crippen LogP contribution in [-0.4, -0.2) is 42.9 Å². The summed E-state index contributed by atoms with van der Waals surface area (Å²) >= 11 is 0. The summed E-state index contributed by atoms with van der Waals surface area (Å²) < 4.78 is 0. The summed E-state index contributed by atoms with van der Waals surface area (Å²) in [5.74, 6) is 0.322. The van der Waals surface area contributed by atoms with Gasteiger partial charge in [0.1, 0.15) is 0 Å². The molecule has 0 N–H and O–H groups in total. The van der Waals surface area contributed by atoms with Crippen molar-refractivity contribution in [2.75, 3.05) is 31.1 Å². The van der Waals surface area contributed by atoms with Crippen LogP contribution in [0.25, 0.3) is 5.57 Å². The van der Waals surface area contributed by atoms with Gasteiger partial charge in [0.25, 0.3) is 0 Å². The minimum atomic E-state index is 0.0589. The molecule has 186 valence electrons. The Morgan fingerprint density at radius 1 is 0.912 bits per heavy atom. The van der Waals surface area contributed by atoms with Crippen molar-refractivity contribution in [3.05, 3.63) is 48.1 Å². The van der Waals surface area contributed by atoms with Crippen LogP contribution < -0.4 is 4.90 Å². The number of hydrogen-bond donors (Lipinski definition) is 0. The van der Waals surface area contributed by atoms with Gasteiger partial charge >= 0.3 is 0 Å². The van der Waals surface area contributed by atoms with E-state index in [0.717, 1.165) is 25.3 Å². The lowest BCUT2D eigenvalue weighted by atomic mass is 9.70. The Morgan fingerprint density at radius 3 is 2.15 bits per heavy atom. The number of unbranched alkanes of at least 4 members (excludes halogenated alkanes) is 1. The van der Waals surface area contributed by atoms with Gasteiger partial charge in [0.05, 0.1) is 0 Å². The number of hydrogen-bond acceptors (Lipinski definition) is 3. The van der Waals surface area contributed by atoms with E-state index in [4.69, 9.17) is 0 Å². The molecule has 5 rings (SSSR count). The zero-order valence-corrected chi connectivity index (χ0v) is 21.9. The highest BCUT2D eigenvalue weighted by Crippen LogP contribution is 2.43. The van der Waals surface area contributed by atoms with Crippen LogP contribution in [0.1, 0.15) is 90.5 Å². The number of anilines is 1.